The molecule has 39 heavy (non-hydrogen) atoms. The van der Waals surface area contributed by atoms with Crippen molar-refractivity contribution in [2.24, 2.45) is 4.99 Å². The van der Waals surface area contributed by atoms with Crippen LogP contribution in [0.15, 0.2) is 52.4 Å². The van der Waals surface area contributed by atoms with E-state index in [0.717, 1.165) is 28.0 Å². The SMILES string of the molecule is C[C@H](O)C1=NC(Cn2nc(-c3ccc(Cl)cc3)n(C[C@H](O)C(F)(F)F)c2=O)NN1c1ncccc1C(F)(F)F. The van der Waals surface area contributed by atoms with E-state index in [1.54, 1.807) is 0 Å². The molecule has 0 fully saturated rings. The lowest BCUT2D eigenvalue weighted by Crippen LogP contribution is -2.47. The molecule has 0 spiro atoms. The van der Waals surface area contributed by atoms with E-state index in [1.165, 1.54) is 31.2 Å². The van der Waals surface area contributed by atoms with Crippen LogP contribution in [0.5, 0.6) is 0 Å². The van der Waals surface area contributed by atoms with E-state index in [1.807, 2.05) is 0 Å². The smallest absolute Gasteiger partial charge is 0.385 e. The molecule has 10 nitrogen and oxygen atoms in total. The van der Waals surface area contributed by atoms with Gasteiger partial charge in [-0.25, -0.2) is 29.9 Å². The summed E-state index contributed by atoms with van der Waals surface area (Å²) < 4.78 is 81.3. The fourth-order valence-corrected chi connectivity index (χ4v) is 3.91. The first kappa shape index (κ1) is 28.5. The second-order valence-corrected chi connectivity index (χ2v) is 8.92. The Labute approximate surface area is 220 Å². The number of nitrogens with zero attached hydrogens (tertiary/aromatic N) is 6. The first-order valence-corrected chi connectivity index (χ1v) is 11.6. The van der Waals surface area contributed by atoms with Crippen molar-refractivity contribution in [1.82, 2.24) is 24.8 Å². The van der Waals surface area contributed by atoms with Gasteiger partial charge in [-0.05, 0) is 43.3 Å². The molecule has 2 aromatic heterocycles. The minimum Gasteiger partial charge on any atom is -0.385 e. The van der Waals surface area contributed by atoms with Crippen molar-refractivity contribution < 1.29 is 36.6 Å². The van der Waals surface area contributed by atoms with Crippen molar-refractivity contribution in [3.8, 4) is 11.4 Å². The highest BCUT2D eigenvalue weighted by molar-refractivity contribution is 6.30. The van der Waals surface area contributed by atoms with Gasteiger partial charge in [0.05, 0.1) is 18.7 Å². The van der Waals surface area contributed by atoms with Crippen molar-refractivity contribution >= 4 is 23.3 Å². The molecule has 1 unspecified atom stereocenters. The predicted molar refractivity (Wildman–Crippen MR) is 127 cm³/mol. The van der Waals surface area contributed by atoms with Gasteiger partial charge < -0.3 is 10.2 Å². The first-order chi connectivity index (χ1) is 18.2. The van der Waals surface area contributed by atoms with Gasteiger partial charge in [0.15, 0.2) is 23.6 Å². The number of anilines is 1. The van der Waals surface area contributed by atoms with Crippen molar-refractivity contribution in [3.63, 3.8) is 0 Å². The molecule has 0 radical (unpaired) electrons. The zero-order valence-electron chi connectivity index (χ0n) is 19.8. The second kappa shape index (κ2) is 10.6. The van der Waals surface area contributed by atoms with Crippen LogP contribution < -0.4 is 16.1 Å². The van der Waals surface area contributed by atoms with Crippen molar-refractivity contribution in [2.45, 2.75) is 50.7 Å². The lowest BCUT2D eigenvalue weighted by atomic mass is 10.2. The monoisotopic (exact) mass is 579 g/mol. The van der Waals surface area contributed by atoms with Crippen LogP contribution in [0, 0.1) is 0 Å². The molecule has 17 heteroatoms. The van der Waals surface area contributed by atoms with Gasteiger partial charge in [0.25, 0.3) is 0 Å². The minimum absolute atomic E-state index is 0.210. The Balaban J connectivity index is 1.71. The Kier molecular flexibility index (Phi) is 7.75. The lowest BCUT2D eigenvalue weighted by molar-refractivity contribution is -0.207. The van der Waals surface area contributed by atoms with E-state index in [2.05, 4.69) is 20.5 Å². The van der Waals surface area contributed by atoms with Crippen molar-refractivity contribution in [2.75, 3.05) is 5.01 Å². The summed E-state index contributed by atoms with van der Waals surface area (Å²) in [6.45, 7) is -0.380. The highest BCUT2D eigenvalue weighted by Crippen LogP contribution is 2.35. The van der Waals surface area contributed by atoms with Gasteiger partial charge in [0, 0.05) is 16.8 Å². The van der Waals surface area contributed by atoms with E-state index >= 15 is 0 Å². The van der Waals surface area contributed by atoms with Crippen LogP contribution in [-0.2, 0) is 19.3 Å². The molecule has 3 N–H and O–H groups in total. The number of rotatable bonds is 7. The summed E-state index contributed by atoms with van der Waals surface area (Å²) in [5.74, 6) is -1.08. The Morgan fingerprint density at radius 1 is 1.10 bits per heavy atom. The number of hydrogen-bond donors (Lipinski definition) is 3. The molecular formula is C22H20ClF6N7O3. The quantitative estimate of drug-likeness (QED) is 0.368. The highest BCUT2D eigenvalue weighted by atomic mass is 35.5. The molecule has 3 atom stereocenters. The Morgan fingerprint density at radius 3 is 2.36 bits per heavy atom. The van der Waals surface area contributed by atoms with E-state index < -0.39 is 60.9 Å². The van der Waals surface area contributed by atoms with Gasteiger partial charge in [0.1, 0.15) is 12.3 Å². The average Bonchev–Trinajstić information content (AvgIpc) is 3.41. The van der Waals surface area contributed by atoms with E-state index in [4.69, 9.17) is 11.6 Å². The average molecular weight is 580 g/mol. The van der Waals surface area contributed by atoms with Crippen LogP contribution >= 0.6 is 11.6 Å². The van der Waals surface area contributed by atoms with Crippen LogP contribution in [0.3, 0.4) is 0 Å². The molecule has 210 valence electrons. The number of halogens is 7. The normalized spacial score (nSPS) is 17.8. The maximum Gasteiger partial charge on any atom is 0.420 e. The molecule has 0 bridgehead atoms. The van der Waals surface area contributed by atoms with Crippen LogP contribution in [0.2, 0.25) is 5.02 Å². The second-order valence-electron chi connectivity index (χ2n) is 8.48. The van der Waals surface area contributed by atoms with Crippen LogP contribution in [0.4, 0.5) is 32.2 Å². The Hall–Kier alpha value is -3.47. The van der Waals surface area contributed by atoms with Gasteiger partial charge >= 0.3 is 18.0 Å². The molecule has 3 heterocycles. The molecule has 0 saturated heterocycles. The summed E-state index contributed by atoms with van der Waals surface area (Å²) in [6.07, 6.45) is -14.1. The van der Waals surface area contributed by atoms with Gasteiger partial charge in [-0.15, -0.1) is 5.10 Å². The molecule has 1 aromatic carbocycles. The third-order valence-corrected chi connectivity index (χ3v) is 5.83. The third kappa shape index (κ3) is 6.08. The third-order valence-electron chi connectivity index (χ3n) is 5.58. The number of pyridine rings is 1. The maximum absolute atomic E-state index is 13.6. The summed E-state index contributed by atoms with van der Waals surface area (Å²) >= 11 is 5.87. The molecule has 4 rings (SSSR count). The number of benzene rings is 1. The molecule has 0 amide bonds. The van der Waals surface area contributed by atoms with E-state index in [9.17, 15) is 41.4 Å². The maximum atomic E-state index is 13.6. The Morgan fingerprint density at radius 2 is 1.77 bits per heavy atom. The minimum atomic E-state index is -5.03. The van der Waals surface area contributed by atoms with E-state index in [-0.39, 0.29) is 17.2 Å². The number of hydrogen-bond acceptors (Lipinski definition) is 8. The number of aliphatic hydroxyl groups is 2. The zero-order chi connectivity index (χ0) is 28.7. The summed E-state index contributed by atoms with van der Waals surface area (Å²) in [7, 11) is 0. The topological polar surface area (TPSA) is 121 Å². The summed E-state index contributed by atoms with van der Waals surface area (Å²) in [4.78, 5) is 21.0. The van der Waals surface area contributed by atoms with Crippen LogP contribution in [0.25, 0.3) is 11.4 Å². The summed E-state index contributed by atoms with van der Waals surface area (Å²) in [5, 5.41) is 25.0. The summed E-state index contributed by atoms with van der Waals surface area (Å²) in [6, 6.07) is 7.53. The number of aromatic nitrogens is 4. The number of aliphatic hydroxyl groups excluding tert-OH is 2. The molecule has 0 aliphatic carbocycles. The summed E-state index contributed by atoms with van der Waals surface area (Å²) in [5.41, 5.74) is 0.654. The van der Waals surface area contributed by atoms with Crippen molar-refractivity contribution in [3.05, 3.63) is 63.7 Å². The molecular weight excluding hydrogens is 560 g/mol. The predicted octanol–water partition coefficient (Wildman–Crippen LogP) is 2.83. The van der Waals surface area contributed by atoms with E-state index in [0.29, 0.717) is 9.59 Å². The molecule has 1 aliphatic heterocycles. The molecule has 3 aromatic rings. The number of amidine groups is 1. The van der Waals surface area contributed by atoms with Gasteiger partial charge in [-0.2, -0.15) is 26.3 Å². The highest BCUT2D eigenvalue weighted by Gasteiger charge is 2.41. The van der Waals surface area contributed by atoms with Crippen LogP contribution in [-0.4, -0.2) is 59.9 Å². The molecule has 0 saturated carbocycles. The zero-order valence-corrected chi connectivity index (χ0v) is 20.6. The fraction of sp³-hybridized carbons (Fsp3) is 0.364. The Bertz CT molecular complexity index is 1420. The first-order valence-electron chi connectivity index (χ1n) is 11.2. The van der Waals surface area contributed by atoms with Gasteiger partial charge in [-0.3, -0.25) is 4.57 Å². The number of alkyl halides is 6. The lowest BCUT2D eigenvalue weighted by Gasteiger charge is -2.24. The van der Waals surface area contributed by atoms with Gasteiger partial charge in [0.2, 0.25) is 0 Å². The van der Waals surface area contributed by atoms with Gasteiger partial charge in [-0.1, -0.05) is 11.6 Å². The fourth-order valence-electron chi connectivity index (χ4n) is 3.78. The number of hydrazine groups is 1. The number of aliphatic imine (C=N–C) groups is 1. The largest absolute Gasteiger partial charge is 0.420 e. The molecule has 1 aliphatic rings. The van der Waals surface area contributed by atoms with Crippen LogP contribution in [0.1, 0.15) is 12.5 Å². The van der Waals surface area contributed by atoms with Crippen molar-refractivity contribution in [1.29, 1.82) is 0 Å². The standard InChI is InChI=1S/C22H20ClF6N7O3/c1-11(37)17-31-16(32-36(17)19-14(21(24,25)26)3-2-8-30-19)10-35-20(39)34(9-15(38)22(27,28)29)18(33-35)12-4-6-13(23)7-5-12/h2-8,11,15-16,32,37-38H,9-10H2,1H3/t11-,15-,16?/m0/s1. The number of nitrogens with one attached hydrogen (secondary N) is 1.